The summed E-state index contributed by atoms with van der Waals surface area (Å²) in [7, 11) is 1.43. The second-order valence-electron chi connectivity index (χ2n) is 3.59. The van der Waals surface area contributed by atoms with E-state index in [1.807, 2.05) is 12.1 Å². The lowest BCUT2D eigenvalue weighted by Crippen LogP contribution is -1.87. The van der Waals surface area contributed by atoms with Crippen LogP contribution in [0.15, 0.2) is 52.3 Å². The summed E-state index contributed by atoms with van der Waals surface area (Å²) in [6, 6.07) is 11.9. The SMILES string of the molecule is COc1ccc(Sc2ccc(C=O)cc2)cc1F. The van der Waals surface area contributed by atoms with E-state index in [9.17, 15) is 9.18 Å². The molecule has 2 aromatic carbocycles. The van der Waals surface area contributed by atoms with E-state index >= 15 is 0 Å². The van der Waals surface area contributed by atoms with E-state index < -0.39 is 0 Å². The Morgan fingerprint density at radius 2 is 1.78 bits per heavy atom. The Labute approximate surface area is 109 Å². The molecule has 0 N–H and O–H groups in total. The molecule has 0 aliphatic carbocycles. The van der Waals surface area contributed by atoms with Crippen molar-refractivity contribution in [1.29, 1.82) is 0 Å². The maximum Gasteiger partial charge on any atom is 0.166 e. The third kappa shape index (κ3) is 2.90. The van der Waals surface area contributed by atoms with Crippen LogP contribution in [0.1, 0.15) is 10.4 Å². The molecule has 0 unspecified atom stereocenters. The number of rotatable bonds is 4. The average Bonchev–Trinajstić information content (AvgIpc) is 2.40. The first kappa shape index (κ1) is 12.6. The first-order valence-electron chi connectivity index (χ1n) is 5.29. The van der Waals surface area contributed by atoms with Crippen molar-refractivity contribution in [2.45, 2.75) is 9.79 Å². The van der Waals surface area contributed by atoms with Crippen molar-refractivity contribution in [2.75, 3.05) is 7.11 Å². The van der Waals surface area contributed by atoms with Gasteiger partial charge in [-0.15, -0.1) is 0 Å². The third-order valence-corrected chi connectivity index (χ3v) is 3.37. The molecule has 0 spiro atoms. The van der Waals surface area contributed by atoms with Crippen LogP contribution < -0.4 is 4.74 Å². The molecular formula is C14H11FO2S. The van der Waals surface area contributed by atoms with Crippen molar-refractivity contribution in [3.63, 3.8) is 0 Å². The number of methoxy groups -OCH3 is 1. The highest BCUT2D eigenvalue weighted by Crippen LogP contribution is 2.30. The quantitative estimate of drug-likeness (QED) is 0.784. The molecular weight excluding hydrogens is 251 g/mol. The summed E-state index contributed by atoms with van der Waals surface area (Å²) < 4.78 is 18.3. The highest BCUT2D eigenvalue weighted by molar-refractivity contribution is 7.99. The standard InChI is InChI=1S/C14H11FO2S/c1-17-14-7-6-12(8-13(14)15)18-11-4-2-10(9-16)3-5-11/h2-9H,1H3. The number of benzene rings is 2. The summed E-state index contributed by atoms with van der Waals surface area (Å²) in [5.41, 5.74) is 0.625. The predicted octanol–water partition coefficient (Wildman–Crippen LogP) is 3.80. The zero-order valence-corrected chi connectivity index (χ0v) is 10.5. The smallest absolute Gasteiger partial charge is 0.166 e. The number of carbonyl (C=O) groups excluding carboxylic acids is 1. The lowest BCUT2D eigenvalue weighted by molar-refractivity contribution is 0.112. The summed E-state index contributed by atoms with van der Waals surface area (Å²) in [5, 5.41) is 0. The van der Waals surface area contributed by atoms with Gasteiger partial charge < -0.3 is 4.74 Å². The highest BCUT2D eigenvalue weighted by Gasteiger charge is 2.04. The van der Waals surface area contributed by atoms with Gasteiger partial charge in [0, 0.05) is 15.4 Å². The number of hydrogen-bond acceptors (Lipinski definition) is 3. The van der Waals surface area contributed by atoms with Gasteiger partial charge in [0.1, 0.15) is 6.29 Å². The normalized spacial score (nSPS) is 10.1. The van der Waals surface area contributed by atoms with Crippen molar-refractivity contribution >= 4 is 18.0 Å². The molecule has 0 atom stereocenters. The Morgan fingerprint density at radius 1 is 1.11 bits per heavy atom. The Hall–Kier alpha value is -1.81. The van der Waals surface area contributed by atoms with Gasteiger partial charge in [0.05, 0.1) is 7.11 Å². The van der Waals surface area contributed by atoms with Crippen LogP contribution in [0.5, 0.6) is 5.75 Å². The second-order valence-corrected chi connectivity index (χ2v) is 4.73. The Balaban J connectivity index is 2.17. The maximum absolute atomic E-state index is 13.5. The molecule has 18 heavy (non-hydrogen) atoms. The number of halogens is 1. The Kier molecular flexibility index (Phi) is 3.99. The molecule has 0 radical (unpaired) electrons. The summed E-state index contributed by atoms with van der Waals surface area (Å²) in [5.74, 6) is -0.150. The molecule has 0 amide bonds. The van der Waals surface area contributed by atoms with Crippen molar-refractivity contribution in [3.8, 4) is 5.75 Å². The molecule has 0 aliphatic rings. The molecule has 0 saturated carbocycles. The van der Waals surface area contributed by atoms with Crippen LogP contribution in [0.25, 0.3) is 0 Å². The second kappa shape index (κ2) is 5.69. The average molecular weight is 262 g/mol. The van der Waals surface area contributed by atoms with Gasteiger partial charge in [0.2, 0.25) is 0 Å². The molecule has 0 aromatic heterocycles. The predicted molar refractivity (Wildman–Crippen MR) is 68.9 cm³/mol. The summed E-state index contributed by atoms with van der Waals surface area (Å²) in [6.07, 6.45) is 0.793. The van der Waals surface area contributed by atoms with Crippen molar-refractivity contribution < 1.29 is 13.9 Å². The van der Waals surface area contributed by atoms with E-state index in [0.717, 1.165) is 16.1 Å². The van der Waals surface area contributed by atoms with E-state index in [2.05, 4.69) is 0 Å². The van der Waals surface area contributed by atoms with Crippen molar-refractivity contribution in [1.82, 2.24) is 0 Å². The summed E-state index contributed by atoms with van der Waals surface area (Å²) >= 11 is 1.43. The minimum atomic E-state index is -0.382. The Bertz CT molecular complexity index is 552. The van der Waals surface area contributed by atoms with E-state index in [-0.39, 0.29) is 11.6 Å². The van der Waals surface area contributed by atoms with E-state index in [0.29, 0.717) is 5.56 Å². The van der Waals surface area contributed by atoms with Gasteiger partial charge in [-0.05, 0) is 30.3 Å². The fraction of sp³-hybridized carbons (Fsp3) is 0.0714. The van der Waals surface area contributed by atoms with E-state index in [1.54, 1.807) is 24.3 Å². The van der Waals surface area contributed by atoms with Crippen LogP contribution >= 0.6 is 11.8 Å². The van der Waals surface area contributed by atoms with Crippen LogP contribution in [0.3, 0.4) is 0 Å². The Morgan fingerprint density at radius 3 is 2.33 bits per heavy atom. The summed E-state index contributed by atoms with van der Waals surface area (Å²) in [6.45, 7) is 0. The topological polar surface area (TPSA) is 26.3 Å². The molecule has 2 aromatic rings. The zero-order chi connectivity index (χ0) is 13.0. The van der Waals surface area contributed by atoms with Gasteiger partial charge in [-0.2, -0.15) is 0 Å². The maximum atomic E-state index is 13.5. The van der Waals surface area contributed by atoms with Gasteiger partial charge in [0.25, 0.3) is 0 Å². The number of aldehydes is 1. The molecule has 2 nitrogen and oxygen atoms in total. The van der Waals surface area contributed by atoms with Gasteiger partial charge >= 0.3 is 0 Å². The van der Waals surface area contributed by atoms with Gasteiger partial charge in [-0.25, -0.2) is 4.39 Å². The van der Waals surface area contributed by atoms with Crippen LogP contribution in [-0.2, 0) is 0 Å². The number of hydrogen-bond donors (Lipinski definition) is 0. The summed E-state index contributed by atoms with van der Waals surface area (Å²) in [4.78, 5) is 12.3. The van der Waals surface area contributed by atoms with Crippen LogP contribution in [0, 0.1) is 5.82 Å². The van der Waals surface area contributed by atoms with Crippen LogP contribution in [0.2, 0.25) is 0 Å². The first-order chi connectivity index (χ1) is 8.72. The van der Waals surface area contributed by atoms with Crippen LogP contribution in [-0.4, -0.2) is 13.4 Å². The van der Waals surface area contributed by atoms with Crippen molar-refractivity contribution in [3.05, 3.63) is 53.8 Å². The monoisotopic (exact) mass is 262 g/mol. The fourth-order valence-corrected chi connectivity index (χ4v) is 2.30. The van der Waals surface area contributed by atoms with Gasteiger partial charge in [-0.3, -0.25) is 4.79 Å². The minimum absolute atomic E-state index is 0.232. The largest absolute Gasteiger partial charge is 0.494 e. The lowest BCUT2D eigenvalue weighted by Gasteiger charge is -2.05. The molecule has 4 heteroatoms. The van der Waals surface area contributed by atoms with Gasteiger partial charge in [0.15, 0.2) is 11.6 Å². The molecule has 0 heterocycles. The minimum Gasteiger partial charge on any atom is -0.494 e. The lowest BCUT2D eigenvalue weighted by atomic mass is 10.2. The number of carbonyl (C=O) groups is 1. The first-order valence-corrected chi connectivity index (χ1v) is 6.11. The van der Waals surface area contributed by atoms with Gasteiger partial charge in [-0.1, -0.05) is 23.9 Å². The number of ether oxygens (including phenoxy) is 1. The third-order valence-electron chi connectivity index (χ3n) is 2.38. The molecule has 0 aliphatic heterocycles. The molecule has 92 valence electrons. The highest BCUT2D eigenvalue weighted by atomic mass is 32.2. The molecule has 2 rings (SSSR count). The fourth-order valence-electron chi connectivity index (χ4n) is 1.46. The zero-order valence-electron chi connectivity index (χ0n) is 9.72. The van der Waals surface area contributed by atoms with E-state index in [1.165, 1.54) is 24.9 Å². The van der Waals surface area contributed by atoms with Crippen LogP contribution in [0.4, 0.5) is 4.39 Å². The van der Waals surface area contributed by atoms with E-state index in [4.69, 9.17) is 4.74 Å². The molecule has 0 fully saturated rings. The molecule has 0 saturated heterocycles. The van der Waals surface area contributed by atoms with Crippen molar-refractivity contribution in [2.24, 2.45) is 0 Å². The molecule has 0 bridgehead atoms.